The molecular formula is C14H12N2. The highest BCUT2D eigenvalue weighted by atomic mass is 14.9. The van der Waals surface area contributed by atoms with E-state index in [2.05, 4.69) is 11.2 Å². The van der Waals surface area contributed by atoms with Crippen molar-refractivity contribution in [2.75, 3.05) is 11.1 Å². The van der Waals surface area contributed by atoms with Crippen LogP contribution in [0, 0.1) is 12.3 Å². The van der Waals surface area contributed by atoms with Crippen LogP contribution in [0.15, 0.2) is 48.5 Å². The number of hydrogen-bond acceptors (Lipinski definition) is 2. The Kier molecular flexibility index (Phi) is 2.79. The Morgan fingerprint density at radius 2 is 1.88 bits per heavy atom. The Morgan fingerprint density at radius 1 is 1.06 bits per heavy atom. The molecule has 0 saturated carbocycles. The standard InChI is InChI=1S/C14H12N2/c1-2-11-6-3-4-9-14(11)16-13-8-5-7-12(15)10-13/h1,3-10,16H,15H2. The number of rotatable bonds is 2. The number of anilines is 3. The molecule has 0 bridgehead atoms. The van der Waals surface area contributed by atoms with Crippen molar-refractivity contribution in [1.82, 2.24) is 0 Å². The van der Waals surface area contributed by atoms with Gasteiger partial charge in [0.2, 0.25) is 0 Å². The highest BCUT2D eigenvalue weighted by Crippen LogP contribution is 2.21. The van der Waals surface area contributed by atoms with E-state index < -0.39 is 0 Å². The summed E-state index contributed by atoms with van der Waals surface area (Å²) in [5.74, 6) is 2.64. The minimum atomic E-state index is 0.725. The molecular weight excluding hydrogens is 196 g/mol. The lowest BCUT2D eigenvalue weighted by atomic mass is 10.2. The van der Waals surface area contributed by atoms with Crippen LogP contribution in [-0.2, 0) is 0 Å². The first-order valence-corrected chi connectivity index (χ1v) is 4.98. The summed E-state index contributed by atoms with van der Waals surface area (Å²) in [4.78, 5) is 0. The number of hydrogen-bond donors (Lipinski definition) is 2. The van der Waals surface area contributed by atoms with Crippen molar-refractivity contribution in [3.8, 4) is 12.3 Å². The van der Waals surface area contributed by atoms with Gasteiger partial charge in [-0.3, -0.25) is 0 Å². The maximum atomic E-state index is 5.70. The van der Waals surface area contributed by atoms with Crippen molar-refractivity contribution in [2.45, 2.75) is 0 Å². The fourth-order valence-electron chi connectivity index (χ4n) is 1.49. The van der Waals surface area contributed by atoms with E-state index in [1.807, 2.05) is 48.5 Å². The quantitative estimate of drug-likeness (QED) is 0.588. The van der Waals surface area contributed by atoms with E-state index in [1.165, 1.54) is 0 Å². The number of terminal acetylenes is 1. The SMILES string of the molecule is C#Cc1ccccc1Nc1cccc(N)c1. The molecule has 0 heterocycles. The summed E-state index contributed by atoms with van der Waals surface area (Å²) in [5.41, 5.74) is 9.11. The van der Waals surface area contributed by atoms with Gasteiger partial charge in [-0.2, -0.15) is 0 Å². The van der Waals surface area contributed by atoms with E-state index >= 15 is 0 Å². The predicted molar refractivity (Wildman–Crippen MR) is 68.5 cm³/mol. The van der Waals surface area contributed by atoms with Gasteiger partial charge in [-0.1, -0.05) is 24.1 Å². The average Bonchev–Trinajstić information content (AvgIpc) is 2.30. The second-order valence-corrected chi connectivity index (χ2v) is 3.44. The summed E-state index contributed by atoms with van der Waals surface area (Å²) in [6.45, 7) is 0. The Hall–Kier alpha value is -2.40. The van der Waals surface area contributed by atoms with Crippen LogP contribution in [0.4, 0.5) is 17.1 Å². The molecule has 16 heavy (non-hydrogen) atoms. The van der Waals surface area contributed by atoms with E-state index in [0.29, 0.717) is 0 Å². The summed E-state index contributed by atoms with van der Waals surface area (Å²) < 4.78 is 0. The monoisotopic (exact) mass is 208 g/mol. The molecule has 0 aliphatic rings. The molecule has 0 fully saturated rings. The maximum absolute atomic E-state index is 5.70. The van der Waals surface area contributed by atoms with Gasteiger partial charge in [-0.25, -0.2) is 0 Å². The molecule has 2 aromatic carbocycles. The van der Waals surface area contributed by atoms with Crippen LogP contribution in [0.1, 0.15) is 5.56 Å². The predicted octanol–water partition coefficient (Wildman–Crippen LogP) is 2.99. The van der Waals surface area contributed by atoms with E-state index in [1.54, 1.807) is 0 Å². The van der Waals surface area contributed by atoms with Crippen LogP contribution >= 0.6 is 0 Å². The van der Waals surface area contributed by atoms with Gasteiger partial charge in [-0.15, -0.1) is 6.42 Å². The van der Waals surface area contributed by atoms with Crippen LogP contribution in [0.25, 0.3) is 0 Å². The number of nitrogens with two attached hydrogens (primary N) is 1. The van der Waals surface area contributed by atoms with Crippen LogP contribution in [0.3, 0.4) is 0 Å². The molecule has 0 amide bonds. The molecule has 3 N–H and O–H groups in total. The average molecular weight is 208 g/mol. The summed E-state index contributed by atoms with van der Waals surface area (Å²) in [7, 11) is 0. The zero-order valence-electron chi connectivity index (χ0n) is 8.77. The smallest absolute Gasteiger partial charge is 0.0543 e. The summed E-state index contributed by atoms with van der Waals surface area (Å²) in [5, 5.41) is 3.24. The summed E-state index contributed by atoms with van der Waals surface area (Å²) >= 11 is 0. The second kappa shape index (κ2) is 4.41. The molecule has 0 saturated heterocycles. The van der Waals surface area contributed by atoms with Crippen molar-refractivity contribution >= 4 is 17.1 Å². The molecule has 0 aliphatic carbocycles. The Morgan fingerprint density at radius 3 is 2.62 bits per heavy atom. The number of benzene rings is 2. The zero-order valence-corrected chi connectivity index (χ0v) is 8.77. The Balaban J connectivity index is 2.31. The fourth-order valence-corrected chi connectivity index (χ4v) is 1.49. The maximum Gasteiger partial charge on any atom is 0.0543 e. The number of nitrogens with one attached hydrogen (secondary N) is 1. The Labute approximate surface area is 95.1 Å². The van der Waals surface area contributed by atoms with E-state index in [-0.39, 0.29) is 0 Å². The molecule has 2 nitrogen and oxygen atoms in total. The normalized spacial score (nSPS) is 9.44. The molecule has 0 spiro atoms. The molecule has 2 heteroatoms. The molecule has 0 unspecified atom stereocenters. The first kappa shape index (κ1) is 10.1. The van der Waals surface area contributed by atoms with Crippen molar-refractivity contribution in [3.05, 3.63) is 54.1 Å². The highest BCUT2D eigenvalue weighted by Gasteiger charge is 1.99. The van der Waals surface area contributed by atoms with Gasteiger partial charge in [0, 0.05) is 16.9 Å². The van der Waals surface area contributed by atoms with Crippen LogP contribution < -0.4 is 11.1 Å². The summed E-state index contributed by atoms with van der Waals surface area (Å²) in [6.07, 6.45) is 5.42. The molecule has 78 valence electrons. The molecule has 0 atom stereocenters. The van der Waals surface area contributed by atoms with Crippen molar-refractivity contribution in [2.24, 2.45) is 0 Å². The lowest BCUT2D eigenvalue weighted by Crippen LogP contribution is -1.94. The van der Waals surface area contributed by atoms with E-state index in [0.717, 1.165) is 22.6 Å². The first-order valence-electron chi connectivity index (χ1n) is 4.98. The molecule has 0 aromatic heterocycles. The van der Waals surface area contributed by atoms with Gasteiger partial charge in [-0.05, 0) is 30.3 Å². The van der Waals surface area contributed by atoms with Crippen molar-refractivity contribution in [1.29, 1.82) is 0 Å². The molecule has 2 aromatic rings. The molecule has 2 rings (SSSR count). The van der Waals surface area contributed by atoms with Crippen molar-refractivity contribution < 1.29 is 0 Å². The fraction of sp³-hybridized carbons (Fsp3) is 0. The zero-order chi connectivity index (χ0) is 11.4. The first-order chi connectivity index (χ1) is 7.79. The van der Waals surface area contributed by atoms with Crippen LogP contribution in [-0.4, -0.2) is 0 Å². The van der Waals surface area contributed by atoms with Crippen LogP contribution in [0.2, 0.25) is 0 Å². The minimum Gasteiger partial charge on any atom is -0.399 e. The van der Waals surface area contributed by atoms with Crippen molar-refractivity contribution in [3.63, 3.8) is 0 Å². The van der Waals surface area contributed by atoms with Gasteiger partial charge in [0.15, 0.2) is 0 Å². The Bertz CT molecular complexity index is 538. The van der Waals surface area contributed by atoms with Gasteiger partial charge in [0.05, 0.1) is 5.69 Å². The molecule has 0 radical (unpaired) electrons. The lowest BCUT2D eigenvalue weighted by molar-refractivity contribution is 1.52. The highest BCUT2D eigenvalue weighted by molar-refractivity contribution is 5.68. The largest absolute Gasteiger partial charge is 0.399 e. The third kappa shape index (κ3) is 2.15. The topological polar surface area (TPSA) is 38.0 Å². The van der Waals surface area contributed by atoms with Gasteiger partial charge < -0.3 is 11.1 Å². The van der Waals surface area contributed by atoms with Gasteiger partial charge >= 0.3 is 0 Å². The summed E-state index contributed by atoms with van der Waals surface area (Å²) in [6, 6.07) is 15.3. The lowest BCUT2D eigenvalue weighted by Gasteiger charge is -2.08. The molecule has 0 aliphatic heterocycles. The number of nitrogen functional groups attached to an aromatic ring is 1. The van der Waals surface area contributed by atoms with Crippen LogP contribution in [0.5, 0.6) is 0 Å². The van der Waals surface area contributed by atoms with E-state index in [4.69, 9.17) is 12.2 Å². The van der Waals surface area contributed by atoms with Gasteiger partial charge in [0.25, 0.3) is 0 Å². The third-order valence-electron chi connectivity index (χ3n) is 2.25. The second-order valence-electron chi connectivity index (χ2n) is 3.44. The van der Waals surface area contributed by atoms with Gasteiger partial charge in [0.1, 0.15) is 0 Å². The van der Waals surface area contributed by atoms with E-state index in [9.17, 15) is 0 Å². The minimum absolute atomic E-state index is 0.725. The third-order valence-corrected chi connectivity index (χ3v) is 2.25. The number of para-hydroxylation sites is 1.